The molecule has 0 radical (unpaired) electrons. The summed E-state index contributed by atoms with van der Waals surface area (Å²) in [6.07, 6.45) is 0.663. The second-order valence-electron chi connectivity index (χ2n) is 6.23. The molecule has 0 amide bonds. The zero-order valence-electron chi connectivity index (χ0n) is 14.0. The van der Waals surface area contributed by atoms with Crippen molar-refractivity contribution in [3.05, 3.63) is 41.5 Å². The van der Waals surface area contributed by atoms with E-state index in [9.17, 15) is 12.8 Å². The van der Waals surface area contributed by atoms with Gasteiger partial charge in [0.25, 0.3) is 0 Å². The van der Waals surface area contributed by atoms with Crippen LogP contribution in [0.5, 0.6) is 0 Å². The lowest BCUT2D eigenvalue weighted by molar-refractivity contribution is 0.439. The summed E-state index contributed by atoms with van der Waals surface area (Å²) in [7, 11) is -3.69. The molecule has 1 N–H and O–H groups in total. The molecule has 1 aromatic heterocycles. The van der Waals surface area contributed by atoms with Gasteiger partial charge >= 0.3 is 0 Å². The average Bonchev–Trinajstić information content (AvgIpc) is 2.74. The molecule has 23 heavy (non-hydrogen) atoms. The molecule has 0 aliphatic heterocycles. The quantitative estimate of drug-likeness (QED) is 0.910. The molecule has 0 saturated heterocycles. The fourth-order valence-corrected chi connectivity index (χ4v) is 4.22. The van der Waals surface area contributed by atoms with E-state index in [1.165, 1.54) is 16.8 Å². The van der Waals surface area contributed by atoms with Gasteiger partial charge in [-0.15, -0.1) is 0 Å². The van der Waals surface area contributed by atoms with Crippen LogP contribution in [-0.4, -0.2) is 23.7 Å². The first-order valence-electron chi connectivity index (χ1n) is 7.43. The van der Waals surface area contributed by atoms with E-state index in [2.05, 4.69) is 9.82 Å². The van der Waals surface area contributed by atoms with Gasteiger partial charge in [-0.25, -0.2) is 22.2 Å². The van der Waals surface area contributed by atoms with Crippen molar-refractivity contribution in [1.82, 2.24) is 14.5 Å². The molecule has 0 unspecified atom stereocenters. The van der Waals surface area contributed by atoms with Gasteiger partial charge in [0.2, 0.25) is 10.0 Å². The number of nitrogens with zero attached hydrogens (tertiary/aromatic N) is 2. The zero-order chi connectivity index (χ0) is 17.4. The summed E-state index contributed by atoms with van der Waals surface area (Å²) >= 11 is 0. The van der Waals surface area contributed by atoms with Crippen LogP contribution in [0.4, 0.5) is 4.39 Å². The normalized spacial score (nSPS) is 12.6. The summed E-state index contributed by atoms with van der Waals surface area (Å²) < 4.78 is 42.7. The first-order valence-corrected chi connectivity index (χ1v) is 8.92. The molecule has 1 aromatic carbocycles. The van der Waals surface area contributed by atoms with Crippen molar-refractivity contribution in [3.63, 3.8) is 0 Å². The molecule has 0 atom stereocenters. The number of rotatable bonds is 5. The maximum atomic E-state index is 13.1. The summed E-state index contributed by atoms with van der Waals surface area (Å²) in [6.45, 7) is 8.93. The first-order chi connectivity index (χ1) is 10.6. The second-order valence-corrected chi connectivity index (χ2v) is 7.85. The van der Waals surface area contributed by atoms with Crippen molar-refractivity contribution in [2.24, 2.45) is 0 Å². The SMILES string of the molecule is CCC(C)(C)NS(=O)(=O)c1c(C)nn(-c2ccc(F)cc2)c1C. The van der Waals surface area contributed by atoms with Gasteiger partial charge in [-0.2, -0.15) is 5.10 Å². The third kappa shape index (κ3) is 3.61. The average molecular weight is 339 g/mol. The number of aryl methyl sites for hydroxylation is 1. The summed E-state index contributed by atoms with van der Waals surface area (Å²) in [5.74, 6) is -0.352. The third-order valence-electron chi connectivity index (χ3n) is 3.86. The smallest absolute Gasteiger partial charge is 0.236 e. The van der Waals surface area contributed by atoms with Crippen LogP contribution in [0.2, 0.25) is 0 Å². The van der Waals surface area contributed by atoms with Crippen molar-refractivity contribution in [3.8, 4) is 5.69 Å². The largest absolute Gasteiger partial charge is 0.244 e. The molecule has 126 valence electrons. The van der Waals surface area contributed by atoms with Gasteiger partial charge in [0.05, 0.1) is 17.1 Å². The second kappa shape index (κ2) is 6.05. The maximum absolute atomic E-state index is 13.1. The number of nitrogens with one attached hydrogen (secondary N) is 1. The van der Waals surface area contributed by atoms with E-state index in [0.717, 1.165) is 0 Å². The van der Waals surface area contributed by atoms with E-state index in [4.69, 9.17) is 0 Å². The topological polar surface area (TPSA) is 64.0 Å². The Balaban J connectivity index is 2.52. The molecule has 0 fully saturated rings. The predicted octanol–water partition coefficient (Wildman–Crippen LogP) is 3.10. The van der Waals surface area contributed by atoms with Crippen LogP contribution < -0.4 is 4.72 Å². The van der Waals surface area contributed by atoms with E-state index < -0.39 is 15.6 Å². The fourth-order valence-electron chi connectivity index (χ4n) is 2.34. The molecule has 0 spiro atoms. The molecule has 0 bridgehead atoms. The Kier molecular flexibility index (Phi) is 4.64. The van der Waals surface area contributed by atoms with Crippen LogP contribution in [0.15, 0.2) is 29.2 Å². The highest BCUT2D eigenvalue weighted by Crippen LogP contribution is 2.24. The third-order valence-corrected chi connectivity index (χ3v) is 5.81. The van der Waals surface area contributed by atoms with Crippen LogP contribution in [0.25, 0.3) is 5.69 Å². The van der Waals surface area contributed by atoms with E-state index in [-0.39, 0.29) is 10.7 Å². The lowest BCUT2D eigenvalue weighted by Gasteiger charge is -2.24. The molecule has 0 aliphatic carbocycles. The Morgan fingerprint density at radius 2 is 1.78 bits per heavy atom. The van der Waals surface area contributed by atoms with Gasteiger partial charge in [-0.3, -0.25) is 0 Å². The van der Waals surface area contributed by atoms with Gasteiger partial charge < -0.3 is 0 Å². The Bertz CT molecular complexity index is 809. The van der Waals surface area contributed by atoms with Crippen molar-refractivity contribution in [2.45, 2.75) is 51.5 Å². The van der Waals surface area contributed by atoms with Gasteiger partial charge in [-0.1, -0.05) is 6.92 Å². The van der Waals surface area contributed by atoms with Crippen LogP contribution >= 0.6 is 0 Å². The molecule has 0 saturated carbocycles. The van der Waals surface area contributed by atoms with E-state index in [1.54, 1.807) is 26.0 Å². The predicted molar refractivity (Wildman–Crippen MR) is 87.7 cm³/mol. The zero-order valence-corrected chi connectivity index (χ0v) is 14.8. The molecule has 2 rings (SSSR count). The monoisotopic (exact) mass is 339 g/mol. The minimum Gasteiger partial charge on any atom is -0.236 e. The number of sulfonamides is 1. The standard InChI is InChI=1S/C16H22FN3O2S/c1-6-16(4,5)19-23(21,22)15-11(2)18-20(12(15)3)14-9-7-13(17)8-10-14/h7-10,19H,6H2,1-5H3. The van der Waals surface area contributed by atoms with E-state index >= 15 is 0 Å². The Hall–Kier alpha value is -1.73. The van der Waals surface area contributed by atoms with Crippen LogP contribution in [0, 0.1) is 19.7 Å². The van der Waals surface area contributed by atoms with Crippen LogP contribution in [0.1, 0.15) is 38.6 Å². The molecular formula is C16H22FN3O2S. The number of hydrogen-bond acceptors (Lipinski definition) is 3. The lowest BCUT2D eigenvalue weighted by Crippen LogP contribution is -2.42. The minimum absolute atomic E-state index is 0.170. The fraction of sp³-hybridized carbons (Fsp3) is 0.438. The van der Waals surface area contributed by atoms with Gasteiger partial charge in [-0.05, 0) is 58.4 Å². The van der Waals surface area contributed by atoms with Crippen LogP contribution in [-0.2, 0) is 10.0 Å². The number of halogens is 1. The van der Waals surface area contributed by atoms with Crippen molar-refractivity contribution in [1.29, 1.82) is 0 Å². The van der Waals surface area contributed by atoms with Crippen molar-refractivity contribution >= 4 is 10.0 Å². The van der Waals surface area contributed by atoms with E-state index in [0.29, 0.717) is 23.5 Å². The Labute approximate surface area is 136 Å². The van der Waals surface area contributed by atoms with Gasteiger partial charge in [0.15, 0.2) is 0 Å². The molecule has 0 aliphatic rings. The summed E-state index contributed by atoms with van der Waals surface area (Å²) in [5, 5.41) is 4.31. The van der Waals surface area contributed by atoms with Gasteiger partial charge in [0, 0.05) is 5.54 Å². The Morgan fingerprint density at radius 1 is 1.22 bits per heavy atom. The summed E-state index contributed by atoms with van der Waals surface area (Å²) in [4.78, 5) is 0.170. The summed E-state index contributed by atoms with van der Waals surface area (Å²) in [5.41, 5.74) is 0.971. The molecule has 2 aromatic rings. The minimum atomic E-state index is -3.69. The maximum Gasteiger partial charge on any atom is 0.244 e. The van der Waals surface area contributed by atoms with E-state index in [1.807, 2.05) is 20.8 Å². The first kappa shape index (κ1) is 17.6. The van der Waals surface area contributed by atoms with Crippen LogP contribution in [0.3, 0.4) is 0 Å². The number of benzene rings is 1. The Morgan fingerprint density at radius 3 is 2.30 bits per heavy atom. The highest BCUT2D eigenvalue weighted by atomic mass is 32.2. The molecule has 1 heterocycles. The molecule has 7 heteroatoms. The molecular weight excluding hydrogens is 317 g/mol. The number of aromatic nitrogens is 2. The summed E-state index contributed by atoms with van der Waals surface area (Å²) in [6, 6.07) is 5.76. The highest BCUT2D eigenvalue weighted by Gasteiger charge is 2.30. The van der Waals surface area contributed by atoms with Gasteiger partial charge in [0.1, 0.15) is 10.7 Å². The van der Waals surface area contributed by atoms with Crippen molar-refractivity contribution < 1.29 is 12.8 Å². The van der Waals surface area contributed by atoms with Crippen molar-refractivity contribution in [2.75, 3.05) is 0 Å². The molecule has 5 nitrogen and oxygen atoms in total. The lowest BCUT2D eigenvalue weighted by atomic mass is 10.0. The highest BCUT2D eigenvalue weighted by molar-refractivity contribution is 7.89. The number of hydrogen-bond donors (Lipinski definition) is 1.